The molecule has 30 heavy (non-hydrogen) atoms. The summed E-state index contributed by atoms with van der Waals surface area (Å²) in [6, 6.07) is 14.9. The van der Waals surface area contributed by atoms with Gasteiger partial charge < -0.3 is 14.2 Å². The highest BCUT2D eigenvalue weighted by Crippen LogP contribution is 2.21. The molecule has 0 saturated carbocycles. The first kappa shape index (κ1) is 23.9. The van der Waals surface area contributed by atoms with Crippen LogP contribution in [0.5, 0.6) is 11.5 Å². The number of ether oxygens (including phenoxy) is 3. The monoisotopic (exact) mass is 433 g/mol. The molecule has 164 valence electrons. The summed E-state index contributed by atoms with van der Waals surface area (Å²) in [4.78, 5) is 0. The maximum Gasteiger partial charge on any atom is 0.215 e. The molecular weight excluding hydrogens is 402 g/mol. The van der Waals surface area contributed by atoms with E-state index >= 15 is 0 Å². The van der Waals surface area contributed by atoms with E-state index < -0.39 is 10.0 Å². The average molecular weight is 434 g/mol. The third kappa shape index (κ3) is 7.16. The molecule has 2 aromatic carbocycles. The number of allylic oxidation sites excluding steroid dienone is 1. The minimum atomic E-state index is -3.55. The molecule has 6 nitrogen and oxygen atoms in total. The van der Waals surface area contributed by atoms with Crippen molar-refractivity contribution in [1.29, 1.82) is 0 Å². The molecule has 0 spiro atoms. The Morgan fingerprint density at radius 3 is 1.73 bits per heavy atom. The van der Waals surface area contributed by atoms with E-state index in [1.165, 1.54) is 4.31 Å². The lowest BCUT2D eigenvalue weighted by Gasteiger charge is -2.25. The predicted octanol–water partition coefficient (Wildman–Crippen LogP) is 3.87. The predicted molar refractivity (Wildman–Crippen MR) is 119 cm³/mol. The summed E-state index contributed by atoms with van der Waals surface area (Å²) < 4.78 is 43.8. The van der Waals surface area contributed by atoms with Gasteiger partial charge in [-0.05, 0) is 41.8 Å². The second-order valence-electron chi connectivity index (χ2n) is 7.09. The molecule has 0 bridgehead atoms. The van der Waals surface area contributed by atoms with Crippen molar-refractivity contribution in [2.24, 2.45) is 5.92 Å². The van der Waals surface area contributed by atoms with Gasteiger partial charge in [0.05, 0.1) is 26.6 Å². The van der Waals surface area contributed by atoms with Crippen LogP contribution < -0.4 is 9.47 Å². The molecular formula is C23H31NO5S. The van der Waals surface area contributed by atoms with Crippen molar-refractivity contribution in [3.8, 4) is 11.5 Å². The molecule has 0 N–H and O–H groups in total. The van der Waals surface area contributed by atoms with Gasteiger partial charge in [-0.3, -0.25) is 0 Å². The molecule has 0 heterocycles. The minimum absolute atomic E-state index is 0.000824. The van der Waals surface area contributed by atoms with Gasteiger partial charge in [0.25, 0.3) is 0 Å². The van der Waals surface area contributed by atoms with Gasteiger partial charge >= 0.3 is 0 Å². The zero-order valence-corrected chi connectivity index (χ0v) is 18.7. The van der Waals surface area contributed by atoms with Crippen LogP contribution in [0, 0.1) is 5.92 Å². The molecule has 0 aromatic heterocycles. The normalized spacial score (nSPS) is 12.5. The number of nitrogens with zero attached hydrogens (tertiary/aromatic N) is 1. The van der Waals surface area contributed by atoms with Crippen LogP contribution >= 0.6 is 0 Å². The quantitative estimate of drug-likeness (QED) is 0.449. The summed E-state index contributed by atoms with van der Waals surface area (Å²) in [5.74, 6) is 1.31. The van der Waals surface area contributed by atoms with Crippen molar-refractivity contribution < 1.29 is 22.6 Å². The number of hydrogen-bond acceptors (Lipinski definition) is 5. The van der Waals surface area contributed by atoms with Gasteiger partial charge in [0.1, 0.15) is 11.5 Å². The standard InChI is InChI=1S/C23H31NO5S/c1-5-6-21(17-27-2)18-30(25,26)24(15-19-7-11-22(28-3)12-8-19)16-20-9-13-23(29-4)14-10-20/h5,7-14,21H,1,6,15-18H2,2-4H3/t21-/m1/s1. The summed E-state index contributed by atoms with van der Waals surface area (Å²) in [5, 5.41) is 0. The Morgan fingerprint density at radius 2 is 1.37 bits per heavy atom. The Morgan fingerprint density at radius 1 is 0.900 bits per heavy atom. The van der Waals surface area contributed by atoms with Crippen LogP contribution in [-0.2, 0) is 27.8 Å². The number of rotatable bonds is 13. The number of methoxy groups -OCH3 is 3. The molecule has 2 aromatic rings. The first-order valence-electron chi connectivity index (χ1n) is 9.75. The third-order valence-corrected chi connectivity index (χ3v) is 6.72. The van der Waals surface area contributed by atoms with E-state index in [0.717, 1.165) is 22.6 Å². The molecule has 7 heteroatoms. The van der Waals surface area contributed by atoms with Crippen LogP contribution in [-0.4, -0.2) is 46.4 Å². The Labute approximate surface area is 180 Å². The fraction of sp³-hybridized carbons (Fsp3) is 0.391. The van der Waals surface area contributed by atoms with Crippen molar-refractivity contribution in [2.45, 2.75) is 19.5 Å². The van der Waals surface area contributed by atoms with Crippen LogP contribution in [0.1, 0.15) is 17.5 Å². The maximum absolute atomic E-state index is 13.3. The van der Waals surface area contributed by atoms with Crippen molar-refractivity contribution in [2.75, 3.05) is 33.7 Å². The topological polar surface area (TPSA) is 65.1 Å². The fourth-order valence-electron chi connectivity index (χ4n) is 3.18. The van der Waals surface area contributed by atoms with Gasteiger partial charge in [0.15, 0.2) is 0 Å². The number of sulfonamides is 1. The van der Waals surface area contributed by atoms with E-state index in [9.17, 15) is 8.42 Å². The summed E-state index contributed by atoms with van der Waals surface area (Å²) >= 11 is 0. The summed E-state index contributed by atoms with van der Waals surface area (Å²) in [7, 11) is 1.23. The molecule has 0 aliphatic heterocycles. The maximum atomic E-state index is 13.3. The lowest BCUT2D eigenvalue weighted by atomic mass is 10.1. The van der Waals surface area contributed by atoms with E-state index in [1.54, 1.807) is 27.4 Å². The van der Waals surface area contributed by atoms with Crippen LogP contribution in [0.15, 0.2) is 61.2 Å². The molecule has 0 amide bonds. The van der Waals surface area contributed by atoms with E-state index in [2.05, 4.69) is 6.58 Å². The molecule has 1 atom stereocenters. The third-order valence-electron chi connectivity index (χ3n) is 4.78. The lowest BCUT2D eigenvalue weighted by molar-refractivity contribution is 0.161. The first-order chi connectivity index (χ1) is 14.4. The minimum Gasteiger partial charge on any atom is -0.497 e. The van der Waals surface area contributed by atoms with E-state index in [-0.39, 0.29) is 24.8 Å². The SMILES string of the molecule is C=CC[C@H](COC)CS(=O)(=O)N(Cc1ccc(OC)cc1)Cc1ccc(OC)cc1. The second kappa shape index (κ2) is 11.7. The van der Waals surface area contributed by atoms with Crippen LogP contribution in [0.25, 0.3) is 0 Å². The van der Waals surface area contributed by atoms with Gasteiger partial charge in [-0.15, -0.1) is 6.58 Å². The average Bonchev–Trinajstić information content (AvgIpc) is 2.74. The van der Waals surface area contributed by atoms with E-state index in [0.29, 0.717) is 13.0 Å². The van der Waals surface area contributed by atoms with Gasteiger partial charge in [-0.2, -0.15) is 4.31 Å². The Kier molecular flexibility index (Phi) is 9.36. The second-order valence-corrected chi connectivity index (χ2v) is 9.10. The van der Waals surface area contributed by atoms with Gasteiger partial charge in [-0.25, -0.2) is 8.42 Å². The summed E-state index contributed by atoms with van der Waals surface area (Å²) in [6.07, 6.45) is 2.31. The molecule has 0 radical (unpaired) electrons. The highest BCUT2D eigenvalue weighted by Gasteiger charge is 2.26. The zero-order valence-electron chi connectivity index (χ0n) is 17.9. The van der Waals surface area contributed by atoms with Crippen LogP contribution in [0.3, 0.4) is 0 Å². The van der Waals surface area contributed by atoms with Crippen molar-refractivity contribution >= 4 is 10.0 Å². The number of benzene rings is 2. The lowest BCUT2D eigenvalue weighted by Crippen LogP contribution is -2.35. The summed E-state index contributed by atoms with van der Waals surface area (Å²) in [6.45, 7) is 4.64. The summed E-state index contributed by atoms with van der Waals surface area (Å²) in [5.41, 5.74) is 1.78. The molecule has 0 saturated heterocycles. The van der Waals surface area contributed by atoms with Gasteiger partial charge in [-0.1, -0.05) is 30.3 Å². The molecule has 0 fully saturated rings. The fourth-order valence-corrected chi connectivity index (χ4v) is 4.91. The molecule has 0 unspecified atom stereocenters. The van der Waals surface area contributed by atoms with Crippen LogP contribution in [0.4, 0.5) is 0 Å². The Balaban J connectivity index is 2.28. The highest BCUT2D eigenvalue weighted by molar-refractivity contribution is 7.89. The molecule has 2 rings (SSSR count). The van der Waals surface area contributed by atoms with E-state index in [1.807, 2.05) is 48.5 Å². The molecule has 0 aliphatic carbocycles. The van der Waals surface area contributed by atoms with Crippen LogP contribution in [0.2, 0.25) is 0 Å². The van der Waals surface area contributed by atoms with Gasteiger partial charge in [0.2, 0.25) is 10.0 Å². The van der Waals surface area contributed by atoms with Crippen molar-refractivity contribution in [1.82, 2.24) is 4.31 Å². The smallest absolute Gasteiger partial charge is 0.215 e. The first-order valence-corrected chi connectivity index (χ1v) is 11.4. The van der Waals surface area contributed by atoms with Crippen molar-refractivity contribution in [3.05, 3.63) is 72.3 Å². The molecule has 0 aliphatic rings. The Hall–Kier alpha value is -2.35. The Bertz CT molecular complexity index is 829. The number of hydrogen-bond donors (Lipinski definition) is 0. The van der Waals surface area contributed by atoms with E-state index in [4.69, 9.17) is 14.2 Å². The highest BCUT2D eigenvalue weighted by atomic mass is 32.2. The largest absolute Gasteiger partial charge is 0.497 e. The zero-order chi connectivity index (χ0) is 22.0. The van der Waals surface area contributed by atoms with Gasteiger partial charge in [0, 0.05) is 26.1 Å². The van der Waals surface area contributed by atoms with Crippen molar-refractivity contribution in [3.63, 3.8) is 0 Å².